The van der Waals surface area contributed by atoms with Gasteiger partial charge in [0.2, 0.25) is 0 Å². The van der Waals surface area contributed by atoms with Gasteiger partial charge in [-0.1, -0.05) is 91.0 Å². The second-order valence-electron chi connectivity index (χ2n) is 6.08. The van der Waals surface area contributed by atoms with Crippen molar-refractivity contribution in [2.45, 2.75) is 12.0 Å². The molecule has 0 bridgehead atoms. The Morgan fingerprint density at radius 3 is 1.72 bits per heavy atom. The average Bonchev–Trinajstić information content (AvgIpc) is 3.06. The third-order valence-electron chi connectivity index (χ3n) is 4.46. The smallest absolute Gasteiger partial charge is 0.251 e. The first kappa shape index (κ1) is 15.3. The number of aliphatic imine (C=N–C) groups is 1. The van der Waals surface area contributed by atoms with Gasteiger partial charge < -0.3 is 5.32 Å². The van der Waals surface area contributed by atoms with E-state index in [-0.39, 0.29) is 11.8 Å². The summed E-state index contributed by atoms with van der Waals surface area (Å²) in [5.41, 5.74) is 3.11. The van der Waals surface area contributed by atoms with E-state index in [9.17, 15) is 4.79 Å². The normalized spacial score (nSPS) is 16.6. The van der Waals surface area contributed by atoms with Crippen LogP contribution in [0.2, 0.25) is 0 Å². The van der Waals surface area contributed by atoms with E-state index in [2.05, 4.69) is 29.6 Å². The Bertz CT molecular complexity index is 850. The second-order valence-corrected chi connectivity index (χ2v) is 6.08. The number of amides is 1. The average molecular weight is 326 g/mol. The Balaban J connectivity index is 1.77. The van der Waals surface area contributed by atoms with E-state index in [1.54, 1.807) is 0 Å². The number of amidine groups is 1. The summed E-state index contributed by atoms with van der Waals surface area (Å²) in [6, 6.07) is 29.5. The molecule has 1 unspecified atom stereocenters. The highest BCUT2D eigenvalue weighted by Crippen LogP contribution is 2.32. The van der Waals surface area contributed by atoms with Crippen LogP contribution in [0.15, 0.2) is 96.0 Å². The van der Waals surface area contributed by atoms with E-state index in [1.165, 1.54) is 0 Å². The minimum absolute atomic E-state index is 0.0587. The summed E-state index contributed by atoms with van der Waals surface area (Å²) >= 11 is 0. The number of carbonyl (C=O) groups is 1. The SMILES string of the molecule is O=C1NC(c2ccccc2)=NC1C(c1ccccc1)c1ccccc1. The zero-order valence-electron chi connectivity index (χ0n) is 13.7. The first-order chi connectivity index (χ1) is 12.3. The van der Waals surface area contributed by atoms with E-state index >= 15 is 0 Å². The maximum Gasteiger partial charge on any atom is 0.251 e. The van der Waals surface area contributed by atoms with Crippen molar-refractivity contribution in [3.05, 3.63) is 108 Å². The fourth-order valence-corrected chi connectivity index (χ4v) is 3.27. The monoisotopic (exact) mass is 326 g/mol. The van der Waals surface area contributed by atoms with Gasteiger partial charge in [-0.3, -0.25) is 9.79 Å². The Labute approximate surface area is 147 Å². The molecule has 3 heteroatoms. The second kappa shape index (κ2) is 6.73. The fourth-order valence-electron chi connectivity index (χ4n) is 3.27. The molecule has 1 atom stereocenters. The molecule has 0 saturated heterocycles. The lowest BCUT2D eigenvalue weighted by atomic mass is 9.85. The van der Waals surface area contributed by atoms with E-state index < -0.39 is 6.04 Å². The van der Waals surface area contributed by atoms with Crippen LogP contribution < -0.4 is 5.32 Å². The predicted octanol–water partition coefficient (Wildman–Crippen LogP) is 3.76. The summed E-state index contributed by atoms with van der Waals surface area (Å²) in [6.45, 7) is 0. The third-order valence-corrected chi connectivity index (χ3v) is 4.46. The fraction of sp³-hybridized carbons (Fsp3) is 0.0909. The van der Waals surface area contributed by atoms with E-state index in [1.807, 2.05) is 66.7 Å². The zero-order valence-corrected chi connectivity index (χ0v) is 13.7. The highest BCUT2D eigenvalue weighted by molar-refractivity contribution is 6.14. The van der Waals surface area contributed by atoms with Gasteiger partial charge in [-0.15, -0.1) is 0 Å². The van der Waals surface area contributed by atoms with Gasteiger partial charge in [-0.25, -0.2) is 0 Å². The molecule has 4 rings (SSSR count). The van der Waals surface area contributed by atoms with Gasteiger partial charge in [0.05, 0.1) is 0 Å². The molecule has 1 amide bonds. The van der Waals surface area contributed by atoms with E-state index in [0.29, 0.717) is 5.84 Å². The molecule has 0 aliphatic carbocycles. The largest absolute Gasteiger partial charge is 0.309 e. The number of benzene rings is 3. The van der Waals surface area contributed by atoms with Gasteiger partial charge in [-0.2, -0.15) is 0 Å². The van der Waals surface area contributed by atoms with Crippen molar-refractivity contribution in [3.63, 3.8) is 0 Å². The molecule has 0 aromatic heterocycles. The summed E-state index contributed by atoms with van der Waals surface area (Å²) in [7, 11) is 0. The molecule has 25 heavy (non-hydrogen) atoms. The topological polar surface area (TPSA) is 41.5 Å². The number of rotatable bonds is 4. The van der Waals surface area contributed by atoms with Gasteiger partial charge in [-0.05, 0) is 11.1 Å². The minimum atomic E-state index is -0.472. The maximum absolute atomic E-state index is 12.7. The standard InChI is InChI=1S/C22H18N2O/c25-22-20(23-21(24-22)18-14-8-3-9-15-18)19(16-10-4-1-5-11-16)17-12-6-2-7-13-17/h1-15,19-20H,(H,23,24,25). The van der Waals surface area contributed by atoms with Crippen molar-refractivity contribution in [3.8, 4) is 0 Å². The lowest BCUT2D eigenvalue weighted by molar-refractivity contribution is -0.120. The van der Waals surface area contributed by atoms with Crippen LogP contribution in [0.5, 0.6) is 0 Å². The molecule has 0 fully saturated rings. The Morgan fingerprint density at radius 2 is 1.20 bits per heavy atom. The highest BCUT2D eigenvalue weighted by Gasteiger charge is 2.35. The molecule has 0 saturated carbocycles. The molecule has 0 radical (unpaired) electrons. The Morgan fingerprint density at radius 1 is 0.720 bits per heavy atom. The van der Waals surface area contributed by atoms with Crippen molar-refractivity contribution >= 4 is 11.7 Å². The molecule has 0 spiro atoms. The van der Waals surface area contributed by atoms with Crippen molar-refractivity contribution in [2.24, 2.45) is 4.99 Å². The lowest BCUT2D eigenvalue weighted by Crippen LogP contribution is -2.32. The summed E-state index contributed by atoms with van der Waals surface area (Å²) in [6.07, 6.45) is 0. The summed E-state index contributed by atoms with van der Waals surface area (Å²) in [5, 5.41) is 2.95. The van der Waals surface area contributed by atoms with Gasteiger partial charge in [0.15, 0.2) is 0 Å². The van der Waals surface area contributed by atoms with Crippen LogP contribution in [0, 0.1) is 0 Å². The van der Waals surface area contributed by atoms with Gasteiger partial charge in [0.25, 0.3) is 5.91 Å². The minimum Gasteiger partial charge on any atom is -0.309 e. The first-order valence-electron chi connectivity index (χ1n) is 8.37. The highest BCUT2D eigenvalue weighted by atomic mass is 16.2. The van der Waals surface area contributed by atoms with Crippen molar-refractivity contribution in [2.75, 3.05) is 0 Å². The van der Waals surface area contributed by atoms with Crippen LogP contribution >= 0.6 is 0 Å². The van der Waals surface area contributed by atoms with Crippen molar-refractivity contribution < 1.29 is 4.79 Å². The van der Waals surface area contributed by atoms with E-state index in [0.717, 1.165) is 16.7 Å². The van der Waals surface area contributed by atoms with Crippen LogP contribution in [-0.2, 0) is 4.79 Å². The molecule has 3 aromatic carbocycles. The molecule has 3 nitrogen and oxygen atoms in total. The van der Waals surface area contributed by atoms with Gasteiger partial charge in [0.1, 0.15) is 11.9 Å². The van der Waals surface area contributed by atoms with Crippen molar-refractivity contribution in [1.29, 1.82) is 0 Å². The molecular formula is C22H18N2O. The summed E-state index contributed by atoms with van der Waals surface area (Å²) < 4.78 is 0. The number of hydrogen-bond donors (Lipinski definition) is 1. The van der Waals surface area contributed by atoms with Crippen LogP contribution in [0.1, 0.15) is 22.6 Å². The maximum atomic E-state index is 12.7. The van der Waals surface area contributed by atoms with Crippen LogP contribution in [0.25, 0.3) is 0 Å². The summed E-state index contributed by atoms with van der Waals surface area (Å²) in [4.78, 5) is 17.5. The molecule has 122 valence electrons. The quantitative estimate of drug-likeness (QED) is 0.779. The number of nitrogens with one attached hydrogen (secondary N) is 1. The number of nitrogens with zero attached hydrogens (tertiary/aromatic N) is 1. The molecular weight excluding hydrogens is 308 g/mol. The van der Waals surface area contributed by atoms with Crippen LogP contribution in [0.3, 0.4) is 0 Å². The molecule has 1 aliphatic heterocycles. The lowest BCUT2D eigenvalue weighted by Gasteiger charge is -2.21. The van der Waals surface area contributed by atoms with Crippen LogP contribution in [0.4, 0.5) is 0 Å². The molecule has 1 aliphatic rings. The zero-order chi connectivity index (χ0) is 17.1. The van der Waals surface area contributed by atoms with Crippen LogP contribution in [-0.4, -0.2) is 17.8 Å². The third kappa shape index (κ3) is 3.09. The molecule has 1 N–H and O–H groups in total. The predicted molar refractivity (Wildman–Crippen MR) is 99.6 cm³/mol. The van der Waals surface area contributed by atoms with Gasteiger partial charge >= 0.3 is 0 Å². The van der Waals surface area contributed by atoms with E-state index in [4.69, 9.17) is 4.99 Å². The Kier molecular flexibility index (Phi) is 4.13. The Hall–Kier alpha value is -3.20. The number of carbonyl (C=O) groups excluding carboxylic acids is 1. The summed E-state index contributed by atoms with van der Waals surface area (Å²) in [5.74, 6) is 0.479. The molecule has 1 heterocycles. The molecule has 3 aromatic rings. The van der Waals surface area contributed by atoms with Crippen molar-refractivity contribution in [1.82, 2.24) is 5.32 Å². The number of hydrogen-bond acceptors (Lipinski definition) is 2. The first-order valence-corrected chi connectivity index (χ1v) is 8.37. The van der Waals surface area contributed by atoms with Gasteiger partial charge in [0, 0.05) is 11.5 Å².